The Morgan fingerprint density at radius 3 is 2.39 bits per heavy atom. The van der Waals surface area contributed by atoms with Crippen molar-refractivity contribution < 1.29 is 0 Å². The van der Waals surface area contributed by atoms with Gasteiger partial charge in [0, 0.05) is 17.0 Å². The minimum absolute atomic E-state index is 0.0307. The molecule has 23 heavy (non-hydrogen) atoms. The molecule has 0 aliphatic rings. The third-order valence-corrected chi connectivity index (χ3v) is 4.21. The van der Waals surface area contributed by atoms with E-state index in [0.717, 1.165) is 27.2 Å². The molecule has 0 bridgehead atoms. The monoisotopic (exact) mass is 300 g/mol. The Balaban J connectivity index is 2.33. The lowest BCUT2D eigenvalue weighted by molar-refractivity contribution is 0.995. The van der Waals surface area contributed by atoms with Crippen LogP contribution in [-0.2, 0) is 0 Å². The van der Waals surface area contributed by atoms with Crippen molar-refractivity contribution in [1.29, 1.82) is 0 Å². The number of hydrogen-bond acceptors (Lipinski definition) is 2. The summed E-state index contributed by atoms with van der Waals surface area (Å²) < 4.78 is 1.72. The molecule has 3 nitrogen and oxygen atoms in total. The third kappa shape index (κ3) is 2.05. The summed E-state index contributed by atoms with van der Waals surface area (Å²) >= 11 is 0. The molecule has 0 fully saturated rings. The van der Waals surface area contributed by atoms with Gasteiger partial charge in [-0.25, -0.2) is 4.98 Å². The number of fused-ring (bicyclic) bond motifs is 3. The highest BCUT2D eigenvalue weighted by Gasteiger charge is 2.14. The SMILES string of the molecule is Cc1cc(C)c2c3ccccc3c(=O)n(-c3ccccn3)c2c1. The maximum atomic E-state index is 13.1. The Kier molecular flexibility index (Phi) is 3.01. The van der Waals surface area contributed by atoms with E-state index in [4.69, 9.17) is 0 Å². The second kappa shape index (κ2) is 5.06. The van der Waals surface area contributed by atoms with Crippen LogP contribution in [0.25, 0.3) is 27.5 Å². The van der Waals surface area contributed by atoms with Crippen LogP contribution in [0, 0.1) is 13.8 Å². The molecular formula is C20H16N2O. The van der Waals surface area contributed by atoms with Gasteiger partial charge in [0.15, 0.2) is 0 Å². The predicted octanol–water partition coefficient (Wildman–Crippen LogP) is 4.16. The van der Waals surface area contributed by atoms with Gasteiger partial charge in [0.2, 0.25) is 0 Å². The Labute approximate surface area is 133 Å². The van der Waals surface area contributed by atoms with Crippen molar-refractivity contribution in [2.45, 2.75) is 13.8 Å². The summed E-state index contributed by atoms with van der Waals surface area (Å²) in [4.78, 5) is 17.5. The van der Waals surface area contributed by atoms with Crippen LogP contribution in [0.5, 0.6) is 0 Å². The summed E-state index contributed by atoms with van der Waals surface area (Å²) in [7, 11) is 0. The molecule has 2 heterocycles. The molecule has 0 saturated heterocycles. The van der Waals surface area contributed by atoms with Gasteiger partial charge in [0.25, 0.3) is 5.56 Å². The van der Waals surface area contributed by atoms with Crippen LogP contribution in [0.15, 0.2) is 65.6 Å². The number of rotatable bonds is 1. The first-order chi connectivity index (χ1) is 11.2. The van der Waals surface area contributed by atoms with Gasteiger partial charge in [-0.2, -0.15) is 0 Å². The van der Waals surface area contributed by atoms with Crippen molar-refractivity contribution in [2.24, 2.45) is 0 Å². The normalized spacial score (nSPS) is 11.2. The number of nitrogens with zero attached hydrogens (tertiary/aromatic N) is 2. The molecule has 2 aromatic carbocycles. The van der Waals surface area contributed by atoms with Crippen LogP contribution in [0.4, 0.5) is 0 Å². The zero-order valence-corrected chi connectivity index (χ0v) is 13.1. The average Bonchev–Trinajstić information content (AvgIpc) is 2.55. The van der Waals surface area contributed by atoms with Gasteiger partial charge < -0.3 is 0 Å². The van der Waals surface area contributed by atoms with Crippen molar-refractivity contribution in [3.05, 3.63) is 82.3 Å². The molecular weight excluding hydrogens is 284 g/mol. The molecule has 112 valence electrons. The van der Waals surface area contributed by atoms with Gasteiger partial charge in [-0.15, -0.1) is 0 Å². The highest BCUT2D eigenvalue weighted by atomic mass is 16.1. The van der Waals surface area contributed by atoms with Crippen LogP contribution in [0.3, 0.4) is 0 Å². The quantitative estimate of drug-likeness (QED) is 0.495. The molecule has 4 aromatic rings. The molecule has 0 unspecified atom stereocenters. The summed E-state index contributed by atoms with van der Waals surface area (Å²) in [5, 5.41) is 2.83. The Hall–Kier alpha value is -2.94. The lowest BCUT2D eigenvalue weighted by Gasteiger charge is -2.15. The molecule has 3 heteroatoms. The number of pyridine rings is 2. The number of aryl methyl sites for hydroxylation is 2. The van der Waals surface area contributed by atoms with Crippen LogP contribution in [-0.4, -0.2) is 9.55 Å². The van der Waals surface area contributed by atoms with E-state index in [1.54, 1.807) is 10.8 Å². The minimum Gasteiger partial charge on any atom is -0.268 e. The third-order valence-electron chi connectivity index (χ3n) is 4.21. The molecule has 0 aliphatic carbocycles. The van der Waals surface area contributed by atoms with E-state index in [2.05, 4.69) is 31.0 Å². The van der Waals surface area contributed by atoms with Gasteiger partial charge >= 0.3 is 0 Å². The van der Waals surface area contributed by atoms with Gasteiger partial charge in [0.05, 0.1) is 5.52 Å². The van der Waals surface area contributed by atoms with Crippen molar-refractivity contribution in [2.75, 3.05) is 0 Å². The van der Waals surface area contributed by atoms with Crippen molar-refractivity contribution in [3.8, 4) is 5.82 Å². The van der Waals surface area contributed by atoms with E-state index in [1.165, 1.54) is 5.56 Å². The van der Waals surface area contributed by atoms with Gasteiger partial charge in [-0.05, 0) is 54.6 Å². The number of hydrogen-bond donors (Lipinski definition) is 0. The lowest BCUT2D eigenvalue weighted by Crippen LogP contribution is -2.20. The average molecular weight is 300 g/mol. The summed E-state index contributed by atoms with van der Waals surface area (Å²) in [6.07, 6.45) is 1.71. The Morgan fingerprint density at radius 2 is 1.65 bits per heavy atom. The zero-order valence-electron chi connectivity index (χ0n) is 13.1. The smallest absolute Gasteiger partial charge is 0.264 e. The Morgan fingerprint density at radius 1 is 0.913 bits per heavy atom. The van der Waals surface area contributed by atoms with E-state index in [-0.39, 0.29) is 5.56 Å². The first kappa shape index (κ1) is 13.7. The highest BCUT2D eigenvalue weighted by molar-refractivity contribution is 6.07. The largest absolute Gasteiger partial charge is 0.268 e. The molecule has 0 spiro atoms. The van der Waals surface area contributed by atoms with E-state index in [1.807, 2.05) is 42.5 Å². The fourth-order valence-electron chi connectivity index (χ4n) is 3.30. The Bertz CT molecular complexity index is 1100. The number of aromatic nitrogens is 2. The predicted molar refractivity (Wildman–Crippen MR) is 94.3 cm³/mol. The highest BCUT2D eigenvalue weighted by Crippen LogP contribution is 2.28. The van der Waals surface area contributed by atoms with Crippen molar-refractivity contribution in [1.82, 2.24) is 9.55 Å². The second-order valence-corrected chi connectivity index (χ2v) is 5.85. The maximum Gasteiger partial charge on any atom is 0.264 e. The topological polar surface area (TPSA) is 34.9 Å². The summed E-state index contributed by atoms with van der Waals surface area (Å²) in [5.41, 5.74) is 3.18. The standard InChI is InChI=1S/C20H16N2O/c1-13-11-14(2)19-15-7-3-4-8-16(15)20(23)22(17(19)12-13)18-9-5-6-10-21-18/h3-12H,1-2H3. The first-order valence-corrected chi connectivity index (χ1v) is 7.63. The van der Waals surface area contributed by atoms with E-state index < -0.39 is 0 Å². The van der Waals surface area contributed by atoms with E-state index in [9.17, 15) is 4.79 Å². The molecule has 0 radical (unpaired) electrons. The molecule has 4 rings (SSSR count). The molecule has 0 saturated carbocycles. The maximum absolute atomic E-state index is 13.1. The summed E-state index contributed by atoms with van der Waals surface area (Å²) in [6.45, 7) is 4.14. The fraction of sp³-hybridized carbons (Fsp3) is 0.100. The van der Waals surface area contributed by atoms with Gasteiger partial charge in [0.1, 0.15) is 5.82 Å². The van der Waals surface area contributed by atoms with E-state index >= 15 is 0 Å². The molecule has 0 amide bonds. The molecule has 0 N–H and O–H groups in total. The number of benzene rings is 2. The zero-order chi connectivity index (χ0) is 16.0. The van der Waals surface area contributed by atoms with Crippen molar-refractivity contribution in [3.63, 3.8) is 0 Å². The summed E-state index contributed by atoms with van der Waals surface area (Å²) in [6, 6.07) is 17.6. The van der Waals surface area contributed by atoms with E-state index in [0.29, 0.717) is 5.82 Å². The summed E-state index contributed by atoms with van der Waals surface area (Å²) in [5.74, 6) is 0.651. The van der Waals surface area contributed by atoms with Crippen LogP contribution < -0.4 is 5.56 Å². The molecule has 0 aliphatic heterocycles. The van der Waals surface area contributed by atoms with Crippen LogP contribution in [0.1, 0.15) is 11.1 Å². The molecule has 0 atom stereocenters. The van der Waals surface area contributed by atoms with Crippen LogP contribution in [0.2, 0.25) is 0 Å². The minimum atomic E-state index is -0.0307. The van der Waals surface area contributed by atoms with Crippen LogP contribution >= 0.6 is 0 Å². The fourth-order valence-corrected chi connectivity index (χ4v) is 3.30. The van der Waals surface area contributed by atoms with Gasteiger partial charge in [-0.1, -0.05) is 30.3 Å². The molecule has 2 aromatic heterocycles. The van der Waals surface area contributed by atoms with Gasteiger partial charge in [-0.3, -0.25) is 9.36 Å². The first-order valence-electron chi connectivity index (χ1n) is 7.63. The second-order valence-electron chi connectivity index (χ2n) is 5.85. The van der Waals surface area contributed by atoms with Crippen molar-refractivity contribution >= 4 is 21.7 Å². The lowest BCUT2D eigenvalue weighted by atomic mass is 10.00.